The van der Waals surface area contributed by atoms with Gasteiger partial charge in [0, 0.05) is 49.7 Å². The zero-order valence-electron chi connectivity index (χ0n) is 19.6. The molecule has 5 rings (SSSR count). The lowest BCUT2D eigenvalue weighted by Gasteiger charge is -2.28. The van der Waals surface area contributed by atoms with Crippen LogP contribution in [0, 0.1) is 12.8 Å². The minimum Gasteiger partial charge on any atom is -0.484 e. The Kier molecular flexibility index (Phi) is 6.36. The Bertz CT molecular complexity index is 1170. The van der Waals surface area contributed by atoms with E-state index in [1.165, 1.54) is 24.2 Å². The van der Waals surface area contributed by atoms with E-state index in [1.54, 1.807) is 22.4 Å². The highest BCUT2D eigenvalue weighted by molar-refractivity contribution is 7.07. The number of amides is 2. The van der Waals surface area contributed by atoms with Crippen LogP contribution in [-0.4, -0.2) is 56.6 Å². The van der Waals surface area contributed by atoms with Gasteiger partial charge in [-0.15, -0.1) is 11.3 Å². The number of fused-ring (bicyclic) bond motifs is 1. The van der Waals surface area contributed by atoms with E-state index in [9.17, 15) is 9.59 Å². The van der Waals surface area contributed by atoms with Crippen LogP contribution in [-0.2, 0) is 30.8 Å². The van der Waals surface area contributed by atoms with Crippen LogP contribution in [0.2, 0.25) is 0 Å². The molecular weight excluding hydrogens is 450 g/mol. The molecule has 0 unspecified atom stereocenters. The maximum absolute atomic E-state index is 13.4. The van der Waals surface area contributed by atoms with E-state index < -0.39 is 0 Å². The second-order valence-corrected chi connectivity index (χ2v) is 9.93. The fourth-order valence-corrected chi connectivity index (χ4v) is 4.80. The molecule has 8 nitrogen and oxygen atoms in total. The van der Waals surface area contributed by atoms with E-state index in [2.05, 4.69) is 4.98 Å². The SMILES string of the molecule is Cc1ccc(OCC(=O)N2CCc3c(c(C(=O)N(C)Cc4cscn4)nn3CC3CC3)C2)cc1. The van der Waals surface area contributed by atoms with Gasteiger partial charge in [-0.1, -0.05) is 17.7 Å². The molecule has 0 N–H and O–H groups in total. The summed E-state index contributed by atoms with van der Waals surface area (Å²) in [6.45, 7) is 4.23. The molecule has 2 aromatic heterocycles. The summed E-state index contributed by atoms with van der Waals surface area (Å²) in [7, 11) is 1.77. The maximum Gasteiger partial charge on any atom is 0.274 e. The first-order valence-electron chi connectivity index (χ1n) is 11.7. The topological polar surface area (TPSA) is 80.6 Å². The Morgan fingerprint density at radius 3 is 2.74 bits per heavy atom. The molecule has 0 saturated heterocycles. The third-order valence-corrected chi connectivity index (χ3v) is 7.07. The fourth-order valence-electron chi connectivity index (χ4n) is 4.25. The van der Waals surface area contributed by atoms with Gasteiger partial charge >= 0.3 is 0 Å². The quantitative estimate of drug-likeness (QED) is 0.495. The Morgan fingerprint density at radius 1 is 1.24 bits per heavy atom. The van der Waals surface area contributed by atoms with Crippen molar-refractivity contribution in [2.75, 3.05) is 20.2 Å². The molecule has 9 heteroatoms. The summed E-state index contributed by atoms with van der Waals surface area (Å²) >= 11 is 1.51. The number of ether oxygens (including phenoxy) is 1. The van der Waals surface area contributed by atoms with Crippen LogP contribution < -0.4 is 4.74 Å². The molecule has 0 radical (unpaired) electrons. The number of aromatic nitrogens is 3. The van der Waals surface area contributed by atoms with Gasteiger partial charge in [0.1, 0.15) is 5.75 Å². The highest BCUT2D eigenvalue weighted by atomic mass is 32.1. The van der Waals surface area contributed by atoms with E-state index in [1.807, 2.05) is 41.3 Å². The summed E-state index contributed by atoms with van der Waals surface area (Å²) in [5, 5.41) is 6.70. The Morgan fingerprint density at radius 2 is 2.03 bits per heavy atom. The zero-order valence-corrected chi connectivity index (χ0v) is 20.4. The van der Waals surface area contributed by atoms with Crippen molar-refractivity contribution in [1.82, 2.24) is 24.6 Å². The monoisotopic (exact) mass is 479 g/mol. The van der Waals surface area contributed by atoms with Gasteiger partial charge in [-0.05, 0) is 37.8 Å². The van der Waals surface area contributed by atoms with Gasteiger partial charge in [0.15, 0.2) is 12.3 Å². The summed E-state index contributed by atoms with van der Waals surface area (Å²) in [5.74, 6) is 1.09. The van der Waals surface area contributed by atoms with E-state index in [-0.39, 0.29) is 18.4 Å². The highest BCUT2D eigenvalue weighted by Gasteiger charge is 2.33. The first-order valence-corrected chi connectivity index (χ1v) is 12.6. The van der Waals surface area contributed by atoms with Crippen molar-refractivity contribution in [3.05, 3.63) is 63.4 Å². The molecule has 178 valence electrons. The largest absolute Gasteiger partial charge is 0.484 e. The lowest BCUT2D eigenvalue weighted by Crippen LogP contribution is -2.40. The number of hydrogen-bond donors (Lipinski definition) is 0. The van der Waals surface area contributed by atoms with Gasteiger partial charge in [0.05, 0.1) is 17.7 Å². The van der Waals surface area contributed by atoms with Gasteiger partial charge in [0.2, 0.25) is 0 Å². The maximum atomic E-state index is 13.4. The molecule has 1 saturated carbocycles. The lowest BCUT2D eigenvalue weighted by atomic mass is 10.0. The minimum atomic E-state index is -0.135. The molecule has 3 aromatic rings. The molecule has 2 aliphatic rings. The molecule has 1 fully saturated rings. The number of carbonyl (C=O) groups excluding carboxylic acids is 2. The van der Waals surface area contributed by atoms with Gasteiger partial charge in [0.25, 0.3) is 11.8 Å². The number of benzene rings is 1. The van der Waals surface area contributed by atoms with Crippen molar-refractivity contribution in [3.63, 3.8) is 0 Å². The van der Waals surface area contributed by atoms with Crippen molar-refractivity contribution in [3.8, 4) is 5.75 Å². The van der Waals surface area contributed by atoms with Crippen LogP contribution in [0.5, 0.6) is 5.75 Å². The molecule has 0 bridgehead atoms. The third-order valence-electron chi connectivity index (χ3n) is 6.43. The van der Waals surface area contributed by atoms with E-state index >= 15 is 0 Å². The van der Waals surface area contributed by atoms with E-state index in [0.717, 1.165) is 29.1 Å². The van der Waals surface area contributed by atoms with Crippen LogP contribution in [0.25, 0.3) is 0 Å². The molecule has 0 atom stereocenters. The molecule has 1 aliphatic carbocycles. The number of rotatable bonds is 8. The first kappa shape index (κ1) is 22.6. The van der Waals surface area contributed by atoms with Crippen molar-refractivity contribution in [1.29, 1.82) is 0 Å². The summed E-state index contributed by atoms with van der Waals surface area (Å²) < 4.78 is 7.73. The van der Waals surface area contributed by atoms with Crippen molar-refractivity contribution in [2.24, 2.45) is 5.92 Å². The van der Waals surface area contributed by atoms with Gasteiger partial charge in [-0.25, -0.2) is 4.98 Å². The van der Waals surface area contributed by atoms with Crippen molar-refractivity contribution < 1.29 is 14.3 Å². The summed E-state index contributed by atoms with van der Waals surface area (Å²) in [6, 6.07) is 7.66. The zero-order chi connectivity index (χ0) is 23.7. The van der Waals surface area contributed by atoms with Crippen LogP contribution in [0.4, 0.5) is 0 Å². The lowest BCUT2D eigenvalue weighted by molar-refractivity contribution is -0.134. The molecule has 0 spiro atoms. The number of nitrogens with zero attached hydrogens (tertiary/aromatic N) is 5. The van der Waals surface area contributed by atoms with Gasteiger partial charge in [-0.2, -0.15) is 5.10 Å². The predicted molar refractivity (Wildman–Crippen MR) is 129 cm³/mol. The molecular formula is C25H29N5O3S. The van der Waals surface area contributed by atoms with Crippen LogP contribution in [0.3, 0.4) is 0 Å². The molecule has 3 heterocycles. The fraction of sp³-hybridized carbons (Fsp3) is 0.440. The average Bonchev–Trinajstić information content (AvgIpc) is 3.38. The number of carbonyl (C=O) groups is 2. The number of hydrogen-bond acceptors (Lipinski definition) is 6. The smallest absolute Gasteiger partial charge is 0.274 e. The summed E-state index contributed by atoms with van der Waals surface area (Å²) in [5.41, 5.74) is 6.17. The van der Waals surface area contributed by atoms with Crippen LogP contribution in [0.1, 0.15) is 45.8 Å². The minimum absolute atomic E-state index is 0.0262. The first-order chi connectivity index (χ1) is 16.5. The van der Waals surface area contributed by atoms with E-state index in [4.69, 9.17) is 9.84 Å². The standard InChI is InChI=1S/C25H29N5O3S/c1-17-3-7-20(8-4-17)33-14-23(31)29-10-9-22-21(13-29)24(27-30(22)11-18-5-6-18)25(32)28(2)12-19-15-34-16-26-19/h3-4,7-8,15-16,18H,5-6,9-14H2,1-2H3. The van der Waals surface area contributed by atoms with Crippen LogP contribution in [0.15, 0.2) is 35.2 Å². The second-order valence-electron chi connectivity index (χ2n) is 9.21. The summed E-state index contributed by atoms with van der Waals surface area (Å²) in [6.07, 6.45) is 3.11. The predicted octanol–water partition coefficient (Wildman–Crippen LogP) is 3.29. The average molecular weight is 480 g/mol. The number of aryl methyl sites for hydroxylation is 1. The van der Waals surface area contributed by atoms with Crippen molar-refractivity contribution >= 4 is 23.2 Å². The second kappa shape index (κ2) is 9.58. The van der Waals surface area contributed by atoms with Gasteiger partial charge < -0.3 is 14.5 Å². The third kappa shape index (κ3) is 4.99. The molecule has 34 heavy (non-hydrogen) atoms. The Labute approximate surface area is 203 Å². The normalized spacial score (nSPS) is 15.2. The Balaban J connectivity index is 1.32. The Hall–Kier alpha value is -3.20. The molecule has 1 aliphatic heterocycles. The van der Waals surface area contributed by atoms with E-state index in [0.29, 0.717) is 43.4 Å². The highest BCUT2D eigenvalue weighted by Crippen LogP contribution is 2.33. The van der Waals surface area contributed by atoms with Crippen LogP contribution >= 0.6 is 11.3 Å². The van der Waals surface area contributed by atoms with Crippen molar-refractivity contribution in [2.45, 2.75) is 45.8 Å². The molecule has 2 amide bonds. The number of thiazole rings is 1. The molecule has 1 aromatic carbocycles. The van der Waals surface area contributed by atoms with Gasteiger partial charge in [-0.3, -0.25) is 14.3 Å². The summed E-state index contributed by atoms with van der Waals surface area (Å²) in [4.78, 5) is 34.0.